The van der Waals surface area contributed by atoms with Gasteiger partial charge in [-0.25, -0.2) is 31.5 Å². The third kappa shape index (κ3) is 17.2. The Labute approximate surface area is 774 Å². The van der Waals surface area contributed by atoms with Crippen LogP contribution in [0.5, 0.6) is 29.4 Å². The number of ketones is 4. The number of hydrogen-bond donors (Lipinski definition) is 1. The van der Waals surface area contributed by atoms with Gasteiger partial charge < -0.3 is 38.2 Å². The quantitative estimate of drug-likeness (QED) is 0.0458. The van der Waals surface area contributed by atoms with E-state index < -0.39 is 6.04 Å². The second-order valence-electron chi connectivity index (χ2n) is 38.5. The number of Topliss-reactive ketones (excluding diaryl/α,β-unsaturated/α-hetero) is 4. The average molecular weight is 1790 g/mol. The number of fused-ring (bicyclic) bond motifs is 16. The molecule has 6 aromatic heterocycles. The molecule has 0 saturated heterocycles. The molecule has 0 radical (unpaired) electrons. The summed E-state index contributed by atoms with van der Waals surface area (Å²) in [5.74, 6) is 9.90. The first-order valence-corrected chi connectivity index (χ1v) is 47.8. The molecule has 4 aromatic carbocycles. The van der Waals surface area contributed by atoms with E-state index in [1.165, 1.54) is 11.1 Å². The predicted molar refractivity (Wildman–Crippen MR) is 503 cm³/mol. The molecular weight excluding hydrogens is 1660 g/mol. The maximum absolute atomic E-state index is 12.7. The van der Waals surface area contributed by atoms with Crippen molar-refractivity contribution in [3.8, 4) is 75.0 Å². The third-order valence-corrected chi connectivity index (χ3v) is 31.3. The molecule has 23 nitrogen and oxygen atoms in total. The number of nitrogens with zero attached hydrogens (tertiary/aromatic N) is 12. The van der Waals surface area contributed by atoms with E-state index in [0.717, 1.165) is 192 Å². The molecule has 10 aliphatic rings. The Morgan fingerprint density at radius 2 is 0.733 bits per heavy atom. The highest BCUT2D eigenvalue weighted by Crippen LogP contribution is 2.59. The molecule has 10 aromatic rings. The van der Waals surface area contributed by atoms with Gasteiger partial charge in [0, 0.05) is 137 Å². The van der Waals surface area contributed by atoms with Crippen LogP contribution in [0.4, 0.5) is 0 Å². The number of rotatable bonds is 14. The summed E-state index contributed by atoms with van der Waals surface area (Å²) in [6.45, 7) is 41.8. The minimum Gasteiger partial charge on any atom is -0.515 e. The number of carbonyl (C=O) groups is 4. The molecule has 0 aliphatic heterocycles. The highest BCUT2D eigenvalue weighted by Gasteiger charge is 2.58. The van der Waals surface area contributed by atoms with Gasteiger partial charge in [0.2, 0.25) is 40.5 Å². The van der Waals surface area contributed by atoms with Crippen molar-refractivity contribution in [2.24, 2.45) is 53.3 Å². The average Bonchev–Trinajstić information content (AvgIpc) is 1.64. The van der Waals surface area contributed by atoms with Crippen LogP contribution in [0, 0.1) is 59.8 Å². The molecule has 0 bridgehead atoms. The summed E-state index contributed by atoms with van der Waals surface area (Å²) >= 11 is 6.11. The SMILES string of the molecule is CCOc1nc(-c2ccccc2)nc2c1CC[C@H]1[C@H](C)C(=O)/C(=C\O)C[C@]21C.CCOc1nc(-c2ccccc2)nc2c1CC[C@H]1[C@H](C)C(=O)CC[C@]21C.CCOc1nc(-c2ccccc2)nc2c1CC[C@H]1[C@H](C)c3oncc3C[C@]21C.CCOc1nc(Cl)nc2c1CC[C@H]1[C@H](C)C(=O)CC[C@]21C.[C-]#[N+]C1C[C@]2(C)c3nc(-c4ccccc4)nc(OCC)c3CC[C@H]2[C@H](C)C1=O. The van der Waals surface area contributed by atoms with E-state index in [2.05, 4.69) is 87.5 Å². The van der Waals surface area contributed by atoms with Crippen molar-refractivity contribution in [1.82, 2.24) is 55.0 Å². The van der Waals surface area contributed by atoms with Crippen molar-refractivity contribution in [1.29, 1.82) is 0 Å². The highest BCUT2D eigenvalue weighted by atomic mass is 35.5. The second-order valence-corrected chi connectivity index (χ2v) is 38.8. The Morgan fingerprint density at radius 3 is 1.09 bits per heavy atom. The van der Waals surface area contributed by atoms with Gasteiger partial charge in [0.15, 0.2) is 29.1 Å². The van der Waals surface area contributed by atoms with E-state index in [0.29, 0.717) is 129 Å². The molecule has 20 rings (SSSR count). The lowest BCUT2D eigenvalue weighted by atomic mass is 9.55. The summed E-state index contributed by atoms with van der Waals surface area (Å²) in [4.78, 5) is 101. The Morgan fingerprint density at radius 1 is 0.412 bits per heavy atom. The number of allylic oxidation sites excluding steroid dienone is 1. The predicted octanol–water partition coefficient (Wildman–Crippen LogP) is 21.1. The fourth-order valence-electron chi connectivity index (χ4n) is 24.4. The first-order valence-electron chi connectivity index (χ1n) is 47.5. The van der Waals surface area contributed by atoms with E-state index in [1.807, 2.05) is 164 Å². The minimum atomic E-state index is -0.590. The van der Waals surface area contributed by atoms with Crippen molar-refractivity contribution >= 4 is 34.7 Å². The fraction of sp³-hybridized carbons (Fsp3) is 0.495. The van der Waals surface area contributed by atoms with Crippen LogP contribution in [0.25, 0.3) is 50.4 Å². The van der Waals surface area contributed by atoms with Gasteiger partial charge in [-0.1, -0.05) is 196 Å². The molecule has 0 amide bonds. The van der Waals surface area contributed by atoms with Gasteiger partial charge in [-0.2, -0.15) is 24.9 Å². The minimum absolute atomic E-state index is 0.0517. The number of aliphatic hydroxyl groups is 1. The Bertz CT molecular complexity index is 5990. The highest BCUT2D eigenvalue weighted by molar-refractivity contribution is 6.28. The van der Waals surface area contributed by atoms with Crippen molar-refractivity contribution in [3.63, 3.8) is 0 Å². The van der Waals surface area contributed by atoms with Crippen LogP contribution in [-0.4, -0.2) is 122 Å². The lowest BCUT2D eigenvalue weighted by molar-refractivity contribution is -0.130. The van der Waals surface area contributed by atoms with Crippen molar-refractivity contribution in [2.75, 3.05) is 33.0 Å². The standard InChI is InChI=1S/2C23H25N3O2.C23H26N2O3.C22H26N2O2.C16H21ClN2O2/c1-4-27-22-17-10-11-18-14(2)19-16(13-24-28-19)12-23(18,3)20(17)25-21(26-22)15-8-6-5-7-9-15;1-5-28-22-16-11-12-17-14(2)19(27)18(24-4)13-23(17,3)20(16)25-21(26-22)15-9-7-6-8-10-15;1-4-28-22-17-10-11-18-14(2)19(27)16(13-26)12-23(18,3)20(17)24-21(25-22)15-8-6-5-7-9-15;1-4-26-21-16-10-11-17-14(2)18(25)12-13-22(17,3)19(16)23-20(24-21)15-8-6-5-7-9-15;1-4-21-14-10-5-6-11-9(2)12(20)7-8-16(11,3)13(10)18-15(17)19-14/h5-9,13-14,18H,4,10-12H2,1-3H3;6-10,14,17-18H,5,11-13H2,1-3H3;5-9,13-14,18,26H,4,10-12H2,1-3H3;5-9,14,17H,4,10-13H2,1-3H3;9,11H,4-8H2,1-3H3/b;;16-13-;;/t14-,18-,23-;14-,17-,18?,23-;14-,18-,23-;14-,17-,22-;9-,11-,16-/m00000/s1. The third-order valence-electron chi connectivity index (χ3n) is 31.1. The van der Waals surface area contributed by atoms with Gasteiger partial charge in [0.1, 0.15) is 17.3 Å². The largest absolute Gasteiger partial charge is 0.515 e. The van der Waals surface area contributed by atoms with Gasteiger partial charge in [-0.05, 0) is 166 Å². The summed E-state index contributed by atoms with van der Waals surface area (Å²) in [7, 11) is 0. The van der Waals surface area contributed by atoms with Crippen LogP contribution >= 0.6 is 11.6 Å². The Kier molecular flexibility index (Phi) is 27.2. The summed E-state index contributed by atoms with van der Waals surface area (Å²) < 4.78 is 35.0. The smallest absolute Gasteiger partial charge is 0.282 e. The Balaban J connectivity index is 0.000000120. The zero-order valence-electron chi connectivity index (χ0n) is 78.4. The molecule has 684 valence electrons. The molecule has 6 heterocycles. The molecule has 131 heavy (non-hydrogen) atoms. The van der Waals surface area contributed by atoms with Crippen LogP contribution in [0.15, 0.2) is 144 Å². The first-order chi connectivity index (χ1) is 63.1. The van der Waals surface area contributed by atoms with Crippen LogP contribution in [0.1, 0.15) is 248 Å². The molecule has 16 atom stereocenters. The maximum Gasteiger partial charge on any atom is 0.282 e. The van der Waals surface area contributed by atoms with Crippen molar-refractivity contribution in [2.45, 2.75) is 252 Å². The van der Waals surface area contributed by atoms with E-state index in [9.17, 15) is 24.3 Å². The van der Waals surface area contributed by atoms with E-state index in [-0.39, 0.29) is 79.4 Å². The van der Waals surface area contributed by atoms with E-state index >= 15 is 0 Å². The summed E-state index contributed by atoms with van der Waals surface area (Å²) in [6, 6.07) is 39.5. The molecular formula is C107H123ClN12O11. The fourth-order valence-corrected chi connectivity index (χ4v) is 24.6. The van der Waals surface area contributed by atoms with Gasteiger partial charge in [-0.3, -0.25) is 19.2 Å². The van der Waals surface area contributed by atoms with Crippen molar-refractivity contribution in [3.05, 3.63) is 224 Å². The number of carbonyl (C=O) groups excluding carboxylic acids is 4. The van der Waals surface area contributed by atoms with Gasteiger partial charge in [0.05, 0.1) is 74.0 Å². The number of halogens is 1. The number of ether oxygens (including phenoxy) is 5. The summed E-state index contributed by atoms with van der Waals surface area (Å²) in [5, 5.41) is 14.0. The van der Waals surface area contributed by atoms with Gasteiger partial charge >= 0.3 is 0 Å². The molecule has 4 fully saturated rings. The zero-order valence-corrected chi connectivity index (χ0v) is 79.1. The topological polar surface area (TPSA) is 294 Å². The molecule has 0 spiro atoms. The lowest BCUT2D eigenvalue weighted by Gasteiger charge is -2.48. The molecule has 1 unspecified atom stereocenters. The van der Waals surface area contributed by atoms with Crippen molar-refractivity contribution < 1.29 is 52.5 Å². The molecule has 24 heteroatoms. The number of aliphatic hydroxyl groups excluding tert-OH is 1. The summed E-state index contributed by atoms with van der Waals surface area (Å²) in [6.07, 6.45) is 16.9. The van der Waals surface area contributed by atoms with E-state index in [1.54, 1.807) is 0 Å². The molecule has 4 saturated carbocycles. The first kappa shape index (κ1) is 92.8. The molecule has 10 aliphatic carbocycles. The molecule has 1 N–H and O–H groups in total. The van der Waals surface area contributed by atoms with Crippen LogP contribution in [0.2, 0.25) is 5.28 Å². The normalized spacial score (nSPS) is 28.1. The number of benzene rings is 4. The lowest BCUT2D eigenvalue weighted by Crippen LogP contribution is -2.52. The Hall–Kier alpha value is -11.5. The monoisotopic (exact) mass is 1790 g/mol. The number of hydrogen-bond acceptors (Lipinski definition) is 22. The number of aromatic nitrogens is 11. The van der Waals surface area contributed by atoms with E-state index in [4.69, 9.17) is 86.3 Å². The maximum atomic E-state index is 12.7. The van der Waals surface area contributed by atoms with Gasteiger partial charge in [-0.15, -0.1) is 0 Å². The van der Waals surface area contributed by atoms with Gasteiger partial charge in [0.25, 0.3) is 6.04 Å². The second kappa shape index (κ2) is 38.4. The zero-order chi connectivity index (χ0) is 92.6. The van der Waals surface area contributed by atoms with Crippen LogP contribution < -0.4 is 23.7 Å². The summed E-state index contributed by atoms with van der Waals surface area (Å²) in [5.41, 5.74) is 15.3. The van der Waals surface area contributed by atoms with Crippen LogP contribution in [0.3, 0.4) is 0 Å². The van der Waals surface area contributed by atoms with Crippen LogP contribution in [-0.2, 0) is 84.8 Å².